The number of nitrogens with two attached hydrogens (primary N) is 1. The average molecular weight is 264 g/mol. The standard InChI is InChI=1S/C13H16N2O4/c1-7-4-5-8(2)10(6-7)12(17)19-9(3)11(16)15-13(14)18/h4-6,9H,1-3H3,(H3,14,15,16,18)/t9-/m0/s1. The Morgan fingerprint density at radius 3 is 2.47 bits per heavy atom. The fourth-order valence-corrected chi connectivity index (χ4v) is 1.46. The lowest BCUT2D eigenvalue weighted by atomic mass is 10.1. The minimum Gasteiger partial charge on any atom is -0.449 e. The number of hydrogen-bond acceptors (Lipinski definition) is 4. The summed E-state index contributed by atoms with van der Waals surface area (Å²) in [6.45, 7) is 4.98. The predicted octanol–water partition coefficient (Wildman–Crippen LogP) is 1.04. The number of nitrogens with one attached hydrogen (secondary N) is 1. The van der Waals surface area contributed by atoms with E-state index >= 15 is 0 Å². The first-order chi connectivity index (χ1) is 8.81. The van der Waals surface area contributed by atoms with Crippen LogP contribution in [0.15, 0.2) is 18.2 Å². The number of ether oxygens (including phenoxy) is 1. The van der Waals surface area contributed by atoms with Crippen molar-refractivity contribution in [2.45, 2.75) is 26.9 Å². The molecular formula is C13H16N2O4. The fourth-order valence-electron chi connectivity index (χ4n) is 1.46. The molecule has 102 valence electrons. The average Bonchev–Trinajstić information content (AvgIpc) is 2.31. The Morgan fingerprint density at radius 2 is 1.89 bits per heavy atom. The summed E-state index contributed by atoms with van der Waals surface area (Å²) in [7, 11) is 0. The van der Waals surface area contributed by atoms with Crippen LogP contribution in [0.1, 0.15) is 28.4 Å². The van der Waals surface area contributed by atoms with E-state index in [4.69, 9.17) is 10.5 Å². The van der Waals surface area contributed by atoms with Gasteiger partial charge in [-0.1, -0.05) is 17.7 Å². The van der Waals surface area contributed by atoms with Gasteiger partial charge in [0.1, 0.15) is 0 Å². The van der Waals surface area contributed by atoms with E-state index < -0.39 is 24.0 Å². The van der Waals surface area contributed by atoms with Crippen molar-refractivity contribution < 1.29 is 19.1 Å². The van der Waals surface area contributed by atoms with Crippen LogP contribution >= 0.6 is 0 Å². The highest BCUT2D eigenvalue weighted by atomic mass is 16.5. The van der Waals surface area contributed by atoms with Crippen molar-refractivity contribution in [2.75, 3.05) is 0 Å². The van der Waals surface area contributed by atoms with Crippen LogP contribution in [-0.4, -0.2) is 24.0 Å². The van der Waals surface area contributed by atoms with Crippen LogP contribution in [0, 0.1) is 13.8 Å². The molecule has 0 aromatic heterocycles. The van der Waals surface area contributed by atoms with Gasteiger partial charge < -0.3 is 10.5 Å². The lowest BCUT2D eigenvalue weighted by Crippen LogP contribution is -2.42. The summed E-state index contributed by atoms with van der Waals surface area (Å²) in [5.74, 6) is -1.38. The molecule has 0 unspecified atom stereocenters. The molecule has 0 aliphatic rings. The zero-order chi connectivity index (χ0) is 14.6. The third-order valence-electron chi connectivity index (χ3n) is 2.51. The van der Waals surface area contributed by atoms with Gasteiger partial charge >= 0.3 is 12.0 Å². The van der Waals surface area contributed by atoms with Crippen LogP contribution in [0.5, 0.6) is 0 Å². The largest absolute Gasteiger partial charge is 0.449 e. The smallest absolute Gasteiger partial charge is 0.339 e. The summed E-state index contributed by atoms with van der Waals surface area (Å²) in [5, 5.41) is 1.85. The number of rotatable bonds is 3. The SMILES string of the molecule is Cc1ccc(C)c(C(=O)O[C@@H](C)C(=O)NC(N)=O)c1. The third-order valence-corrected chi connectivity index (χ3v) is 2.51. The normalized spacial score (nSPS) is 11.5. The Hall–Kier alpha value is -2.37. The number of benzene rings is 1. The summed E-state index contributed by atoms with van der Waals surface area (Å²) in [5.41, 5.74) is 6.85. The molecule has 19 heavy (non-hydrogen) atoms. The molecule has 0 saturated carbocycles. The van der Waals surface area contributed by atoms with E-state index in [1.807, 2.05) is 18.3 Å². The van der Waals surface area contributed by atoms with Crippen molar-refractivity contribution in [1.82, 2.24) is 5.32 Å². The number of amides is 3. The minimum absolute atomic E-state index is 0.388. The van der Waals surface area contributed by atoms with Crippen molar-refractivity contribution in [1.29, 1.82) is 0 Å². The van der Waals surface area contributed by atoms with Crippen molar-refractivity contribution in [3.8, 4) is 0 Å². The Morgan fingerprint density at radius 1 is 1.26 bits per heavy atom. The molecule has 1 atom stereocenters. The number of esters is 1. The molecule has 1 aromatic rings. The van der Waals surface area contributed by atoms with E-state index in [-0.39, 0.29) is 0 Å². The summed E-state index contributed by atoms with van der Waals surface area (Å²) >= 11 is 0. The first kappa shape index (κ1) is 14.7. The molecule has 0 radical (unpaired) electrons. The van der Waals surface area contributed by atoms with Gasteiger partial charge in [-0.2, -0.15) is 0 Å². The van der Waals surface area contributed by atoms with E-state index in [0.717, 1.165) is 11.1 Å². The first-order valence-corrected chi connectivity index (χ1v) is 5.69. The number of carbonyl (C=O) groups excluding carboxylic acids is 3. The molecule has 6 nitrogen and oxygen atoms in total. The molecule has 6 heteroatoms. The maximum atomic E-state index is 11.9. The highest BCUT2D eigenvalue weighted by molar-refractivity contribution is 5.98. The molecular weight excluding hydrogens is 248 g/mol. The van der Waals surface area contributed by atoms with Crippen LogP contribution in [0.25, 0.3) is 0 Å². The van der Waals surface area contributed by atoms with Crippen molar-refractivity contribution in [2.24, 2.45) is 5.73 Å². The highest BCUT2D eigenvalue weighted by Gasteiger charge is 2.20. The first-order valence-electron chi connectivity index (χ1n) is 5.69. The van der Waals surface area contributed by atoms with Gasteiger partial charge in [0.05, 0.1) is 5.56 Å². The molecule has 1 rings (SSSR count). The number of aryl methyl sites for hydroxylation is 2. The molecule has 3 N–H and O–H groups in total. The molecule has 1 aromatic carbocycles. The van der Waals surface area contributed by atoms with Crippen LogP contribution < -0.4 is 11.1 Å². The van der Waals surface area contributed by atoms with Crippen LogP contribution in [0.3, 0.4) is 0 Å². The molecule has 0 heterocycles. The molecule has 0 aliphatic heterocycles. The minimum atomic E-state index is -1.10. The number of hydrogen-bond donors (Lipinski definition) is 2. The van der Waals surface area contributed by atoms with E-state index in [9.17, 15) is 14.4 Å². The van der Waals surface area contributed by atoms with Gasteiger partial charge in [-0.05, 0) is 32.4 Å². The molecule has 0 saturated heterocycles. The predicted molar refractivity (Wildman–Crippen MR) is 68.5 cm³/mol. The summed E-state index contributed by atoms with van der Waals surface area (Å²) in [6, 6.07) is 4.35. The second-order valence-corrected chi connectivity index (χ2v) is 4.22. The van der Waals surface area contributed by atoms with Crippen LogP contribution in [0.2, 0.25) is 0 Å². The third kappa shape index (κ3) is 4.09. The van der Waals surface area contributed by atoms with Crippen LogP contribution in [-0.2, 0) is 9.53 Å². The van der Waals surface area contributed by atoms with Gasteiger partial charge in [0.15, 0.2) is 6.10 Å². The highest BCUT2D eigenvalue weighted by Crippen LogP contribution is 2.13. The Labute approximate surface area is 110 Å². The van der Waals surface area contributed by atoms with Gasteiger partial charge in [-0.3, -0.25) is 10.1 Å². The van der Waals surface area contributed by atoms with E-state index in [1.54, 1.807) is 19.1 Å². The zero-order valence-corrected chi connectivity index (χ0v) is 11.0. The van der Waals surface area contributed by atoms with E-state index in [0.29, 0.717) is 5.56 Å². The summed E-state index contributed by atoms with van der Waals surface area (Å²) in [6.07, 6.45) is -1.10. The van der Waals surface area contributed by atoms with Crippen molar-refractivity contribution in [3.63, 3.8) is 0 Å². The lowest BCUT2D eigenvalue weighted by molar-refractivity contribution is -0.127. The fraction of sp³-hybridized carbons (Fsp3) is 0.308. The quantitative estimate of drug-likeness (QED) is 0.797. The maximum Gasteiger partial charge on any atom is 0.339 e. The maximum absolute atomic E-state index is 11.9. The molecule has 0 bridgehead atoms. The van der Waals surface area contributed by atoms with Crippen molar-refractivity contribution >= 4 is 17.9 Å². The van der Waals surface area contributed by atoms with Crippen molar-refractivity contribution in [3.05, 3.63) is 34.9 Å². The Kier molecular flexibility index (Phi) is 4.63. The molecule has 0 spiro atoms. The lowest BCUT2D eigenvalue weighted by Gasteiger charge is -2.13. The van der Waals surface area contributed by atoms with E-state index in [2.05, 4.69) is 0 Å². The summed E-state index contributed by atoms with van der Waals surface area (Å²) in [4.78, 5) is 33.8. The number of urea groups is 1. The zero-order valence-electron chi connectivity index (χ0n) is 11.0. The van der Waals surface area contributed by atoms with Gasteiger partial charge in [-0.15, -0.1) is 0 Å². The number of imide groups is 1. The Balaban J connectivity index is 2.77. The second kappa shape index (κ2) is 5.99. The van der Waals surface area contributed by atoms with Gasteiger partial charge in [0.2, 0.25) is 0 Å². The second-order valence-electron chi connectivity index (χ2n) is 4.22. The monoisotopic (exact) mass is 264 g/mol. The molecule has 0 aliphatic carbocycles. The van der Waals surface area contributed by atoms with Gasteiger partial charge in [-0.25, -0.2) is 9.59 Å². The number of primary amides is 1. The van der Waals surface area contributed by atoms with Gasteiger partial charge in [0, 0.05) is 0 Å². The Bertz CT molecular complexity index is 525. The van der Waals surface area contributed by atoms with Crippen LogP contribution in [0.4, 0.5) is 4.79 Å². The number of carbonyl (C=O) groups is 3. The topological polar surface area (TPSA) is 98.5 Å². The van der Waals surface area contributed by atoms with Gasteiger partial charge in [0.25, 0.3) is 5.91 Å². The summed E-state index contributed by atoms with van der Waals surface area (Å²) < 4.78 is 4.98. The molecule has 3 amide bonds. The molecule has 0 fully saturated rings. The van der Waals surface area contributed by atoms with E-state index in [1.165, 1.54) is 6.92 Å².